The van der Waals surface area contributed by atoms with Crippen LogP contribution in [0.15, 0.2) is 17.5 Å². The lowest BCUT2D eigenvalue weighted by Gasteiger charge is -2.23. The summed E-state index contributed by atoms with van der Waals surface area (Å²) in [5, 5.41) is 17.2. The molecule has 2 rings (SSSR count). The van der Waals surface area contributed by atoms with Crippen molar-refractivity contribution in [1.29, 1.82) is 0 Å². The highest BCUT2D eigenvalue weighted by Crippen LogP contribution is 2.29. The Hall–Kier alpha value is -1.40. The molecule has 0 spiro atoms. The number of carbonyl (C=O) groups excluding carboxylic acids is 2. The largest absolute Gasteiger partial charge is 0.391 e. The van der Waals surface area contributed by atoms with Gasteiger partial charge in [0.25, 0.3) is 0 Å². The molecule has 1 heterocycles. The van der Waals surface area contributed by atoms with Gasteiger partial charge < -0.3 is 15.7 Å². The summed E-state index contributed by atoms with van der Waals surface area (Å²) in [6, 6.07) is 3.07. The molecule has 1 aliphatic carbocycles. The Balaban J connectivity index is 1.86. The van der Waals surface area contributed by atoms with Gasteiger partial charge in [-0.3, -0.25) is 9.59 Å². The van der Waals surface area contributed by atoms with E-state index in [0.29, 0.717) is 0 Å². The molecule has 1 saturated carbocycles. The first-order chi connectivity index (χ1) is 9.97. The van der Waals surface area contributed by atoms with E-state index in [4.69, 9.17) is 0 Å². The summed E-state index contributed by atoms with van der Waals surface area (Å²) in [5.74, 6) is -0.451. The van der Waals surface area contributed by atoms with Gasteiger partial charge in [-0.05, 0) is 38.1 Å². The summed E-state index contributed by atoms with van der Waals surface area (Å²) < 4.78 is 0. The van der Waals surface area contributed by atoms with Crippen LogP contribution in [0.25, 0.3) is 0 Å². The molecule has 0 radical (unpaired) electrons. The predicted molar refractivity (Wildman–Crippen MR) is 82.0 cm³/mol. The highest BCUT2D eigenvalue weighted by atomic mass is 32.1. The highest BCUT2D eigenvalue weighted by Gasteiger charge is 2.34. The van der Waals surface area contributed by atoms with Crippen LogP contribution in [0.1, 0.15) is 31.6 Å². The molecule has 3 N–H and O–H groups in total. The van der Waals surface area contributed by atoms with Crippen molar-refractivity contribution in [2.75, 3.05) is 0 Å². The first kappa shape index (κ1) is 16.0. The van der Waals surface area contributed by atoms with Crippen molar-refractivity contribution < 1.29 is 14.7 Å². The molecule has 1 aliphatic rings. The minimum atomic E-state index is -0.915. The topological polar surface area (TPSA) is 78.4 Å². The number of carbonyl (C=O) groups is 2. The summed E-state index contributed by atoms with van der Waals surface area (Å²) in [4.78, 5) is 25.2. The highest BCUT2D eigenvalue weighted by molar-refractivity contribution is 7.09. The first-order valence-electron chi connectivity index (χ1n) is 7.28. The van der Waals surface area contributed by atoms with Gasteiger partial charge in [0, 0.05) is 23.3 Å². The molecular weight excluding hydrogens is 288 g/mol. The summed E-state index contributed by atoms with van der Waals surface area (Å²) >= 11 is 1.65. The molecule has 0 bridgehead atoms. The maximum Gasteiger partial charge on any atom is 0.245 e. The van der Waals surface area contributed by atoms with Crippen LogP contribution in [0.4, 0.5) is 0 Å². The Morgan fingerprint density at radius 3 is 2.62 bits per heavy atom. The summed E-state index contributed by atoms with van der Waals surface area (Å²) in [6.07, 6.45) is 1.57. The van der Waals surface area contributed by atoms with Crippen LogP contribution in [0.3, 0.4) is 0 Å². The van der Waals surface area contributed by atoms with E-state index in [2.05, 4.69) is 10.6 Å². The fraction of sp³-hybridized carbons (Fsp3) is 0.600. The quantitative estimate of drug-likeness (QED) is 0.705. The lowest BCUT2D eigenvalue weighted by atomic mass is 10.1. The zero-order valence-electron chi connectivity index (χ0n) is 12.3. The summed E-state index contributed by atoms with van der Waals surface area (Å²) in [5.41, 5.74) is 0. The van der Waals surface area contributed by atoms with Crippen LogP contribution >= 0.6 is 11.3 Å². The minimum Gasteiger partial charge on any atom is -0.391 e. The number of aliphatic hydroxyl groups is 1. The second-order valence-electron chi connectivity index (χ2n) is 5.69. The SMILES string of the molecule is CC(Cc1cccs1)NC(=O)C(NC(=O)C1CC1)C(C)O. The van der Waals surface area contributed by atoms with E-state index >= 15 is 0 Å². The van der Waals surface area contributed by atoms with Gasteiger partial charge in [0.15, 0.2) is 0 Å². The van der Waals surface area contributed by atoms with Gasteiger partial charge in [0.05, 0.1) is 6.10 Å². The maximum atomic E-state index is 12.2. The summed E-state index contributed by atoms with van der Waals surface area (Å²) in [7, 11) is 0. The molecule has 6 heteroatoms. The second-order valence-corrected chi connectivity index (χ2v) is 6.73. The van der Waals surface area contributed by atoms with Crippen LogP contribution in [-0.4, -0.2) is 35.1 Å². The van der Waals surface area contributed by atoms with Crippen molar-refractivity contribution in [2.24, 2.45) is 5.92 Å². The number of rotatable bonds is 7. The van der Waals surface area contributed by atoms with E-state index in [-0.39, 0.29) is 23.8 Å². The Morgan fingerprint density at radius 1 is 1.38 bits per heavy atom. The minimum absolute atomic E-state index is 0.0163. The normalized spacial score (nSPS) is 18.6. The van der Waals surface area contributed by atoms with E-state index < -0.39 is 12.1 Å². The second kappa shape index (κ2) is 7.04. The van der Waals surface area contributed by atoms with Gasteiger partial charge in [-0.1, -0.05) is 6.07 Å². The van der Waals surface area contributed by atoms with E-state index in [1.165, 1.54) is 11.8 Å². The number of nitrogens with one attached hydrogen (secondary N) is 2. The molecule has 0 saturated heterocycles. The maximum absolute atomic E-state index is 12.2. The molecule has 3 unspecified atom stereocenters. The standard InChI is InChI=1S/C15H22N2O3S/c1-9(8-12-4-3-7-21-12)16-15(20)13(10(2)18)17-14(19)11-5-6-11/h3-4,7,9-11,13,18H,5-6,8H2,1-2H3,(H,16,20)(H,17,19). The first-order valence-corrected chi connectivity index (χ1v) is 8.16. The Morgan fingerprint density at radius 2 is 2.10 bits per heavy atom. The van der Waals surface area contributed by atoms with Crippen molar-refractivity contribution in [3.05, 3.63) is 22.4 Å². The Labute approximate surface area is 128 Å². The van der Waals surface area contributed by atoms with Gasteiger partial charge >= 0.3 is 0 Å². The molecule has 0 aromatic carbocycles. The van der Waals surface area contributed by atoms with Crippen molar-refractivity contribution >= 4 is 23.2 Å². The fourth-order valence-electron chi connectivity index (χ4n) is 2.14. The molecule has 2 amide bonds. The van der Waals surface area contributed by atoms with E-state index in [1.54, 1.807) is 11.3 Å². The average molecular weight is 310 g/mol. The van der Waals surface area contributed by atoms with Crippen LogP contribution in [0.2, 0.25) is 0 Å². The molecule has 1 fully saturated rings. The number of hydrogen-bond donors (Lipinski definition) is 3. The van der Waals surface area contributed by atoms with Gasteiger partial charge in [-0.2, -0.15) is 0 Å². The smallest absolute Gasteiger partial charge is 0.245 e. The number of hydrogen-bond acceptors (Lipinski definition) is 4. The van der Waals surface area contributed by atoms with Crippen molar-refractivity contribution in [2.45, 2.75) is 51.3 Å². The van der Waals surface area contributed by atoms with Gasteiger partial charge in [0.2, 0.25) is 11.8 Å². The monoisotopic (exact) mass is 310 g/mol. The van der Waals surface area contributed by atoms with Crippen LogP contribution in [-0.2, 0) is 16.0 Å². The third kappa shape index (κ3) is 4.82. The van der Waals surface area contributed by atoms with Gasteiger partial charge in [-0.15, -0.1) is 11.3 Å². The van der Waals surface area contributed by atoms with E-state index in [0.717, 1.165) is 19.3 Å². The number of thiophene rings is 1. The third-order valence-electron chi connectivity index (χ3n) is 3.49. The van der Waals surface area contributed by atoms with Crippen molar-refractivity contribution in [3.63, 3.8) is 0 Å². The van der Waals surface area contributed by atoms with Crippen LogP contribution in [0, 0.1) is 5.92 Å². The molecule has 0 aliphatic heterocycles. The number of aliphatic hydroxyl groups excluding tert-OH is 1. The zero-order valence-corrected chi connectivity index (χ0v) is 13.2. The van der Waals surface area contributed by atoms with Gasteiger partial charge in [0.1, 0.15) is 6.04 Å². The van der Waals surface area contributed by atoms with Gasteiger partial charge in [-0.25, -0.2) is 0 Å². The fourth-order valence-corrected chi connectivity index (χ4v) is 2.97. The molecule has 5 nitrogen and oxygen atoms in total. The molecular formula is C15H22N2O3S. The van der Waals surface area contributed by atoms with Crippen LogP contribution in [0.5, 0.6) is 0 Å². The van der Waals surface area contributed by atoms with Crippen molar-refractivity contribution in [3.8, 4) is 0 Å². The lowest BCUT2D eigenvalue weighted by molar-refractivity contribution is -0.132. The third-order valence-corrected chi connectivity index (χ3v) is 4.39. The van der Waals surface area contributed by atoms with E-state index in [1.807, 2.05) is 24.4 Å². The predicted octanol–water partition coefficient (Wildman–Crippen LogP) is 1.07. The van der Waals surface area contributed by atoms with Crippen molar-refractivity contribution in [1.82, 2.24) is 10.6 Å². The number of amides is 2. The molecule has 21 heavy (non-hydrogen) atoms. The average Bonchev–Trinajstić information content (AvgIpc) is 3.14. The van der Waals surface area contributed by atoms with Crippen LogP contribution < -0.4 is 10.6 Å². The summed E-state index contributed by atoms with van der Waals surface area (Å²) in [6.45, 7) is 3.43. The zero-order chi connectivity index (χ0) is 15.4. The molecule has 1 aromatic heterocycles. The molecule has 1 aromatic rings. The Bertz CT molecular complexity index is 483. The molecule has 116 valence electrons. The lowest BCUT2D eigenvalue weighted by Crippen LogP contribution is -2.54. The Kier molecular flexibility index (Phi) is 5.36. The van der Waals surface area contributed by atoms with E-state index in [9.17, 15) is 14.7 Å². The molecule has 3 atom stereocenters.